The second-order valence-electron chi connectivity index (χ2n) is 7.85. The molecule has 2 bridgehead atoms. The molecular formula is C23H31N3O7. The molecule has 3 aliphatic heterocycles. The molecule has 5 atom stereocenters. The molecule has 3 aliphatic rings. The van der Waals surface area contributed by atoms with Crippen LogP contribution in [0.3, 0.4) is 0 Å². The van der Waals surface area contributed by atoms with Crippen LogP contribution in [-0.4, -0.2) is 70.9 Å². The van der Waals surface area contributed by atoms with E-state index in [4.69, 9.17) is 23.7 Å². The average Bonchev–Trinajstić information content (AvgIpc) is 3.23. The molecule has 0 amide bonds. The summed E-state index contributed by atoms with van der Waals surface area (Å²) in [5.74, 6) is -1.03. The van der Waals surface area contributed by atoms with E-state index < -0.39 is 42.6 Å². The van der Waals surface area contributed by atoms with Crippen LogP contribution in [0.25, 0.3) is 0 Å². The van der Waals surface area contributed by atoms with E-state index in [1.54, 1.807) is 4.68 Å². The first-order valence-electron chi connectivity index (χ1n) is 10.7. The number of hydrogen-bond acceptors (Lipinski definition) is 9. The van der Waals surface area contributed by atoms with Crippen LogP contribution in [0.5, 0.6) is 0 Å². The SMILES string of the molecule is C.CC(=O)OC1C2OCCCOC(C(Cn3cc(Cc4ccccc4)nn3)O2)C1OC(C)=O. The van der Waals surface area contributed by atoms with Crippen molar-refractivity contribution in [3.63, 3.8) is 0 Å². The molecule has 5 rings (SSSR count). The summed E-state index contributed by atoms with van der Waals surface area (Å²) >= 11 is 0. The zero-order valence-electron chi connectivity index (χ0n) is 18.1. The molecule has 10 nitrogen and oxygen atoms in total. The number of aromatic nitrogens is 3. The van der Waals surface area contributed by atoms with Gasteiger partial charge in [-0.25, -0.2) is 4.68 Å². The van der Waals surface area contributed by atoms with Gasteiger partial charge < -0.3 is 23.7 Å². The van der Waals surface area contributed by atoms with Crippen molar-refractivity contribution in [3.8, 4) is 0 Å². The maximum Gasteiger partial charge on any atom is 0.303 e. The first kappa shape index (κ1) is 24.8. The third-order valence-electron chi connectivity index (χ3n) is 5.26. The van der Waals surface area contributed by atoms with E-state index >= 15 is 0 Å². The van der Waals surface area contributed by atoms with Crippen molar-refractivity contribution in [2.24, 2.45) is 0 Å². The van der Waals surface area contributed by atoms with Gasteiger partial charge in [-0.05, 0) is 12.0 Å². The highest BCUT2D eigenvalue weighted by Crippen LogP contribution is 2.31. The van der Waals surface area contributed by atoms with Gasteiger partial charge in [-0.3, -0.25) is 9.59 Å². The maximum atomic E-state index is 11.8. The third-order valence-corrected chi connectivity index (χ3v) is 5.26. The van der Waals surface area contributed by atoms with Crippen molar-refractivity contribution in [1.29, 1.82) is 0 Å². The molecular weight excluding hydrogens is 430 g/mol. The lowest BCUT2D eigenvalue weighted by Gasteiger charge is -2.43. The van der Waals surface area contributed by atoms with Crippen LogP contribution in [-0.2, 0) is 46.2 Å². The molecule has 180 valence electrons. The normalized spacial score (nSPS) is 26.9. The van der Waals surface area contributed by atoms with Gasteiger partial charge in [0.25, 0.3) is 0 Å². The summed E-state index contributed by atoms with van der Waals surface area (Å²) in [4.78, 5) is 23.5. The lowest BCUT2D eigenvalue weighted by molar-refractivity contribution is -0.301. The zero-order chi connectivity index (χ0) is 22.5. The van der Waals surface area contributed by atoms with Crippen molar-refractivity contribution in [1.82, 2.24) is 15.0 Å². The van der Waals surface area contributed by atoms with E-state index in [0.717, 1.165) is 11.3 Å². The Morgan fingerprint density at radius 3 is 2.48 bits per heavy atom. The summed E-state index contributed by atoms with van der Waals surface area (Å²) in [7, 11) is 0. The second kappa shape index (κ2) is 11.4. The summed E-state index contributed by atoms with van der Waals surface area (Å²) in [6, 6.07) is 9.99. The Balaban J connectivity index is 0.00000306. The molecule has 0 N–H and O–H groups in total. The lowest BCUT2D eigenvalue weighted by atomic mass is 9.97. The Bertz CT molecular complexity index is 920. The lowest BCUT2D eigenvalue weighted by Crippen LogP contribution is -2.62. The largest absolute Gasteiger partial charge is 0.455 e. The fraction of sp³-hybridized carbons (Fsp3) is 0.565. The van der Waals surface area contributed by atoms with Crippen molar-refractivity contribution >= 4 is 11.9 Å². The summed E-state index contributed by atoms with van der Waals surface area (Å²) in [5, 5.41) is 8.47. The minimum Gasteiger partial charge on any atom is -0.455 e. The molecule has 0 aliphatic carbocycles. The number of carbonyl (C=O) groups is 2. The van der Waals surface area contributed by atoms with E-state index in [1.165, 1.54) is 13.8 Å². The number of hydrogen-bond donors (Lipinski definition) is 0. The number of fused-ring (bicyclic) bond motifs is 6. The maximum absolute atomic E-state index is 11.8. The predicted molar refractivity (Wildman–Crippen MR) is 116 cm³/mol. The molecule has 4 heterocycles. The number of esters is 2. The molecule has 33 heavy (non-hydrogen) atoms. The minimum atomic E-state index is -0.930. The van der Waals surface area contributed by atoms with Crippen molar-refractivity contribution in [2.75, 3.05) is 13.2 Å². The second-order valence-corrected chi connectivity index (χ2v) is 7.85. The molecule has 3 saturated heterocycles. The van der Waals surface area contributed by atoms with Crippen LogP contribution in [0.2, 0.25) is 0 Å². The van der Waals surface area contributed by atoms with Crippen LogP contribution in [0.15, 0.2) is 36.5 Å². The van der Waals surface area contributed by atoms with Gasteiger partial charge in [0.05, 0.1) is 18.8 Å². The molecule has 2 aromatic rings. The van der Waals surface area contributed by atoms with Gasteiger partial charge >= 0.3 is 11.9 Å². The minimum absolute atomic E-state index is 0. The van der Waals surface area contributed by atoms with Crippen LogP contribution in [0.4, 0.5) is 0 Å². The van der Waals surface area contributed by atoms with Crippen LogP contribution < -0.4 is 0 Å². The fourth-order valence-corrected chi connectivity index (χ4v) is 3.98. The quantitative estimate of drug-likeness (QED) is 0.596. The first-order chi connectivity index (χ1) is 15.5. The van der Waals surface area contributed by atoms with Crippen LogP contribution in [0, 0.1) is 0 Å². The Hall–Kier alpha value is -2.82. The van der Waals surface area contributed by atoms with Crippen molar-refractivity contribution < 1.29 is 33.3 Å². The summed E-state index contributed by atoms with van der Waals surface area (Å²) in [6.07, 6.45) is -0.773. The molecule has 10 heteroatoms. The summed E-state index contributed by atoms with van der Waals surface area (Å²) in [5.41, 5.74) is 1.95. The topological polar surface area (TPSA) is 111 Å². The first-order valence-corrected chi connectivity index (χ1v) is 10.7. The molecule has 1 aromatic heterocycles. The van der Waals surface area contributed by atoms with E-state index in [0.29, 0.717) is 32.6 Å². The Morgan fingerprint density at radius 2 is 1.76 bits per heavy atom. The van der Waals surface area contributed by atoms with Crippen molar-refractivity contribution in [3.05, 3.63) is 47.8 Å². The van der Waals surface area contributed by atoms with Gasteiger partial charge in [0.1, 0.15) is 12.2 Å². The predicted octanol–water partition coefficient (Wildman–Crippen LogP) is 1.90. The molecule has 1 aromatic carbocycles. The average molecular weight is 462 g/mol. The summed E-state index contributed by atoms with van der Waals surface area (Å²) in [6.45, 7) is 3.64. The van der Waals surface area contributed by atoms with Gasteiger partial charge in [0, 0.05) is 33.1 Å². The van der Waals surface area contributed by atoms with Gasteiger partial charge in [-0.2, -0.15) is 0 Å². The van der Waals surface area contributed by atoms with Crippen LogP contribution in [0.1, 0.15) is 39.0 Å². The summed E-state index contributed by atoms with van der Waals surface area (Å²) < 4.78 is 30.6. The number of rotatable bonds is 6. The van der Waals surface area contributed by atoms with Gasteiger partial charge in [0.2, 0.25) is 0 Å². The number of nitrogens with zero attached hydrogens (tertiary/aromatic N) is 3. The monoisotopic (exact) mass is 461 g/mol. The number of benzene rings is 1. The van der Waals surface area contributed by atoms with E-state index in [1.807, 2.05) is 36.5 Å². The zero-order valence-corrected chi connectivity index (χ0v) is 18.1. The molecule has 3 fully saturated rings. The van der Waals surface area contributed by atoms with Gasteiger partial charge in [-0.1, -0.05) is 43.0 Å². The highest BCUT2D eigenvalue weighted by molar-refractivity contribution is 5.67. The highest BCUT2D eigenvalue weighted by Gasteiger charge is 2.51. The van der Waals surface area contributed by atoms with E-state index in [2.05, 4.69) is 10.3 Å². The Labute approximate surface area is 193 Å². The van der Waals surface area contributed by atoms with Crippen LogP contribution >= 0.6 is 0 Å². The van der Waals surface area contributed by atoms with E-state index in [9.17, 15) is 9.59 Å². The smallest absolute Gasteiger partial charge is 0.303 e. The van der Waals surface area contributed by atoms with Gasteiger partial charge in [-0.15, -0.1) is 5.10 Å². The fourth-order valence-electron chi connectivity index (χ4n) is 3.98. The number of ether oxygens (including phenoxy) is 5. The third kappa shape index (κ3) is 6.37. The molecule has 0 radical (unpaired) electrons. The number of carbonyl (C=O) groups excluding carboxylic acids is 2. The van der Waals surface area contributed by atoms with Crippen molar-refractivity contribution in [2.45, 2.75) is 71.4 Å². The standard InChI is InChI=1S/C22H27N3O7.CH4/c1-14(26)30-20-19-18(32-22(21(20)31-15(2)27)29-10-6-9-28-19)13-25-12-17(23-24-25)11-16-7-4-3-5-8-16;/h3-5,7-8,12,18-22H,6,9-11,13H2,1-2H3;1H4. The van der Waals surface area contributed by atoms with E-state index in [-0.39, 0.29) is 7.43 Å². The van der Waals surface area contributed by atoms with Gasteiger partial charge in [0.15, 0.2) is 18.5 Å². The molecule has 0 saturated carbocycles. The molecule has 0 spiro atoms. The highest BCUT2D eigenvalue weighted by atomic mass is 16.7. The Kier molecular flexibility index (Phi) is 8.54. The Morgan fingerprint density at radius 1 is 1.06 bits per heavy atom. The molecule has 5 unspecified atom stereocenters.